The van der Waals surface area contributed by atoms with Crippen LogP contribution < -0.4 is 4.90 Å². The number of nitrogens with zero attached hydrogens (tertiary/aromatic N) is 2. The van der Waals surface area contributed by atoms with Gasteiger partial charge in [-0.05, 0) is 40.5 Å². The van der Waals surface area contributed by atoms with Crippen molar-refractivity contribution in [3.05, 3.63) is 52.8 Å². The average Bonchev–Trinajstić information content (AvgIpc) is 2.65. The number of fused-ring (bicyclic) bond motifs is 1. The van der Waals surface area contributed by atoms with Crippen LogP contribution in [-0.2, 0) is 0 Å². The molecule has 1 aromatic carbocycles. The molecule has 0 aliphatic carbocycles. The Morgan fingerprint density at radius 1 is 1.38 bits per heavy atom. The average molecular weight is 363 g/mol. The second-order valence-corrected chi connectivity index (χ2v) is 7.43. The fourth-order valence-electron chi connectivity index (χ4n) is 2.38. The number of hydrogen-bond donors (Lipinski definition) is 0. The number of anilines is 1. The summed E-state index contributed by atoms with van der Waals surface area (Å²) in [7, 11) is 0. The van der Waals surface area contributed by atoms with E-state index in [1.165, 1.54) is 4.90 Å². The van der Waals surface area contributed by atoms with Crippen molar-refractivity contribution in [1.82, 2.24) is 4.98 Å². The number of hydrogen-bond acceptors (Lipinski definition) is 3. The Balaban J connectivity index is 2.00. The lowest BCUT2D eigenvalue weighted by Gasteiger charge is -2.22. The molecule has 5 heteroatoms. The molecule has 0 fully saturated rings. The lowest BCUT2D eigenvalue weighted by molar-refractivity contribution is 0.0986. The standard InChI is InChI=1S/C16H15BrN2OS/c1-11-6-7-19(14-4-2-3-5-15(14)21-11)16(20)12-8-13(17)10-18-9-12/h2-5,8-11H,6-7H2,1H3/t11-/m0/s1. The molecule has 1 amide bonds. The molecule has 0 saturated carbocycles. The van der Waals surface area contributed by atoms with Gasteiger partial charge in [0.25, 0.3) is 5.91 Å². The van der Waals surface area contributed by atoms with Crippen molar-refractivity contribution in [1.29, 1.82) is 0 Å². The molecule has 1 aliphatic heterocycles. The van der Waals surface area contributed by atoms with E-state index in [-0.39, 0.29) is 5.91 Å². The van der Waals surface area contributed by atoms with Crippen LogP contribution in [0.4, 0.5) is 5.69 Å². The molecule has 0 N–H and O–H groups in total. The number of halogens is 1. The minimum absolute atomic E-state index is 0.00551. The van der Waals surface area contributed by atoms with E-state index in [1.54, 1.807) is 12.4 Å². The molecule has 0 spiro atoms. The number of pyridine rings is 1. The fourth-order valence-corrected chi connectivity index (χ4v) is 3.86. The molecule has 1 aromatic heterocycles. The van der Waals surface area contributed by atoms with Crippen molar-refractivity contribution < 1.29 is 4.79 Å². The number of rotatable bonds is 1. The maximum absolute atomic E-state index is 12.8. The van der Waals surface area contributed by atoms with E-state index in [1.807, 2.05) is 40.9 Å². The van der Waals surface area contributed by atoms with Crippen LogP contribution in [0.15, 0.2) is 52.1 Å². The number of para-hydroxylation sites is 1. The van der Waals surface area contributed by atoms with E-state index < -0.39 is 0 Å². The van der Waals surface area contributed by atoms with Crippen LogP contribution in [0, 0.1) is 0 Å². The van der Waals surface area contributed by atoms with Crippen LogP contribution in [0.3, 0.4) is 0 Å². The Hall–Kier alpha value is -1.33. The van der Waals surface area contributed by atoms with Crippen molar-refractivity contribution in [2.75, 3.05) is 11.4 Å². The van der Waals surface area contributed by atoms with Crippen LogP contribution >= 0.6 is 27.7 Å². The number of aromatic nitrogens is 1. The molecule has 3 rings (SSSR count). The van der Waals surface area contributed by atoms with Gasteiger partial charge in [-0.3, -0.25) is 9.78 Å². The van der Waals surface area contributed by atoms with Crippen LogP contribution in [0.2, 0.25) is 0 Å². The van der Waals surface area contributed by atoms with Gasteiger partial charge in [-0.25, -0.2) is 0 Å². The van der Waals surface area contributed by atoms with Crippen molar-refractivity contribution in [2.24, 2.45) is 0 Å². The first-order valence-corrected chi connectivity index (χ1v) is 8.50. The minimum Gasteiger partial charge on any atom is -0.307 e. The third kappa shape index (κ3) is 3.14. The molecule has 21 heavy (non-hydrogen) atoms. The predicted octanol–water partition coefficient (Wildman–Crippen LogP) is 4.38. The lowest BCUT2D eigenvalue weighted by atomic mass is 10.2. The van der Waals surface area contributed by atoms with Crippen molar-refractivity contribution in [3.8, 4) is 0 Å². The van der Waals surface area contributed by atoms with Crippen LogP contribution in [-0.4, -0.2) is 22.7 Å². The van der Waals surface area contributed by atoms with Gasteiger partial charge in [0.05, 0.1) is 11.3 Å². The van der Waals surface area contributed by atoms with Gasteiger partial charge in [0.2, 0.25) is 0 Å². The van der Waals surface area contributed by atoms with Gasteiger partial charge in [-0.15, -0.1) is 11.8 Å². The van der Waals surface area contributed by atoms with Gasteiger partial charge < -0.3 is 4.90 Å². The Bertz CT molecular complexity index is 677. The topological polar surface area (TPSA) is 33.2 Å². The van der Waals surface area contributed by atoms with Crippen LogP contribution in [0.1, 0.15) is 23.7 Å². The highest BCUT2D eigenvalue weighted by molar-refractivity contribution is 9.10. The molecular weight excluding hydrogens is 348 g/mol. The number of amides is 1. The van der Waals surface area contributed by atoms with E-state index in [0.29, 0.717) is 10.8 Å². The summed E-state index contributed by atoms with van der Waals surface area (Å²) in [4.78, 5) is 20.0. The summed E-state index contributed by atoms with van der Waals surface area (Å²) in [5.74, 6) is 0.00551. The minimum atomic E-state index is 0.00551. The summed E-state index contributed by atoms with van der Waals surface area (Å²) in [6.45, 7) is 2.94. The smallest absolute Gasteiger partial charge is 0.259 e. The first-order valence-electron chi connectivity index (χ1n) is 6.83. The molecule has 1 atom stereocenters. The normalized spacial score (nSPS) is 18.0. The molecule has 2 heterocycles. The number of benzene rings is 1. The molecule has 3 nitrogen and oxygen atoms in total. The summed E-state index contributed by atoms with van der Waals surface area (Å²) in [6.07, 6.45) is 4.29. The molecule has 108 valence electrons. The van der Waals surface area contributed by atoms with Crippen LogP contribution in [0.5, 0.6) is 0 Å². The summed E-state index contributed by atoms with van der Waals surface area (Å²) < 4.78 is 0.819. The third-order valence-corrected chi connectivity index (χ3v) is 5.11. The van der Waals surface area contributed by atoms with Gasteiger partial charge in [-0.1, -0.05) is 19.1 Å². The first kappa shape index (κ1) is 14.6. The summed E-state index contributed by atoms with van der Waals surface area (Å²) in [5.41, 5.74) is 1.61. The second-order valence-electron chi connectivity index (χ2n) is 5.03. The van der Waals surface area contributed by atoms with Gasteiger partial charge in [0.1, 0.15) is 0 Å². The maximum Gasteiger partial charge on any atom is 0.259 e. The Kier molecular flexibility index (Phi) is 4.31. The Morgan fingerprint density at radius 3 is 3.00 bits per heavy atom. The summed E-state index contributed by atoms with van der Waals surface area (Å²) >= 11 is 5.21. The highest BCUT2D eigenvalue weighted by Gasteiger charge is 2.25. The third-order valence-electron chi connectivity index (χ3n) is 3.44. The second kappa shape index (κ2) is 6.20. The van der Waals surface area contributed by atoms with Gasteiger partial charge in [0.15, 0.2) is 0 Å². The molecule has 0 bridgehead atoms. The lowest BCUT2D eigenvalue weighted by Crippen LogP contribution is -2.32. The van der Waals surface area contributed by atoms with Crippen LogP contribution in [0.25, 0.3) is 0 Å². The van der Waals surface area contributed by atoms with Gasteiger partial charge in [-0.2, -0.15) is 0 Å². The van der Waals surface area contributed by atoms with E-state index in [9.17, 15) is 4.79 Å². The molecule has 0 unspecified atom stereocenters. The van der Waals surface area contributed by atoms with E-state index in [4.69, 9.17) is 0 Å². The molecule has 1 aliphatic rings. The van der Waals surface area contributed by atoms with E-state index in [0.717, 1.165) is 23.1 Å². The zero-order valence-corrected chi connectivity index (χ0v) is 14.0. The van der Waals surface area contributed by atoms with Crippen molar-refractivity contribution in [2.45, 2.75) is 23.5 Å². The molecule has 0 radical (unpaired) electrons. The van der Waals surface area contributed by atoms with Gasteiger partial charge in [0, 0.05) is 33.6 Å². The monoisotopic (exact) mass is 362 g/mol. The van der Waals surface area contributed by atoms with E-state index >= 15 is 0 Å². The number of thioether (sulfide) groups is 1. The fraction of sp³-hybridized carbons (Fsp3) is 0.250. The Labute approximate surface area is 136 Å². The van der Waals surface area contributed by atoms with Crippen molar-refractivity contribution in [3.63, 3.8) is 0 Å². The maximum atomic E-state index is 12.8. The SMILES string of the molecule is C[C@H]1CCN(C(=O)c2cncc(Br)c2)c2ccccc2S1. The highest BCUT2D eigenvalue weighted by atomic mass is 79.9. The van der Waals surface area contributed by atoms with E-state index in [2.05, 4.69) is 33.9 Å². The van der Waals surface area contributed by atoms with Crippen molar-refractivity contribution >= 4 is 39.3 Å². The Morgan fingerprint density at radius 2 is 2.19 bits per heavy atom. The zero-order valence-electron chi connectivity index (χ0n) is 11.6. The molecule has 0 saturated heterocycles. The predicted molar refractivity (Wildman–Crippen MR) is 90.0 cm³/mol. The highest BCUT2D eigenvalue weighted by Crippen LogP contribution is 2.37. The van der Waals surface area contributed by atoms with Gasteiger partial charge >= 0.3 is 0 Å². The largest absolute Gasteiger partial charge is 0.307 e. The zero-order chi connectivity index (χ0) is 14.8. The molecule has 2 aromatic rings. The quantitative estimate of drug-likeness (QED) is 0.754. The first-order chi connectivity index (χ1) is 10.1. The summed E-state index contributed by atoms with van der Waals surface area (Å²) in [6, 6.07) is 9.92. The molecular formula is C16H15BrN2OS. The number of carbonyl (C=O) groups is 1. The summed E-state index contributed by atoms with van der Waals surface area (Å²) in [5, 5.41) is 0.504. The number of carbonyl (C=O) groups excluding carboxylic acids is 1.